The van der Waals surface area contributed by atoms with Crippen LogP contribution in [0, 0.1) is 6.92 Å². The fraction of sp³-hybridized carbons (Fsp3) is 0.235. The molecule has 1 atom stereocenters. The van der Waals surface area contributed by atoms with Gasteiger partial charge in [-0.3, -0.25) is 4.98 Å². The van der Waals surface area contributed by atoms with E-state index < -0.39 is 23.9 Å². The van der Waals surface area contributed by atoms with Gasteiger partial charge < -0.3 is 4.74 Å². The van der Waals surface area contributed by atoms with E-state index in [9.17, 15) is 18.0 Å². The largest absolute Gasteiger partial charge is 0.439 e. The molecule has 2 heterocycles. The molecule has 0 saturated heterocycles. The number of halogens is 3. The third-order valence-electron chi connectivity index (χ3n) is 3.89. The topological polar surface area (TPSA) is 63.6 Å². The summed E-state index contributed by atoms with van der Waals surface area (Å²) < 4.78 is 45.8. The van der Waals surface area contributed by atoms with Crippen molar-refractivity contribution in [1.29, 1.82) is 0 Å². The van der Waals surface area contributed by atoms with Crippen LogP contribution >= 0.6 is 0 Å². The highest BCUT2D eigenvalue weighted by atomic mass is 19.4. The van der Waals surface area contributed by atoms with Crippen LogP contribution in [0.15, 0.2) is 41.8 Å². The number of rotatable bonds is 2. The molecule has 3 rings (SSSR count). The van der Waals surface area contributed by atoms with Crippen LogP contribution in [0.3, 0.4) is 0 Å². The first kappa shape index (κ1) is 16.9. The van der Waals surface area contributed by atoms with E-state index in [1.54, 1.807) is 19.9 Å². The Morgan fingerprint density at radius 1 is 1.20 bits per heavy atom. The quantitative estimate of drug-likeness (QED) is 0.894. The van der Waals surface area contributed by atoms with Gasteiger partial charge >= 0.3 is 12.3 Å². The number of hydrogen-bond acceptors (Lipinski definition) is 4. The lowest BCUT2D eigenvalue weighted by molar-refractivity contribution is -0.137. The number of cyclic esters (lactones) is 1. The van der Waals surface area contributed by atoms with Crippen LogP contribution in [0.1, 0.15) is 23.6 Å². The van der Waals surface area contributed by atoms with Crippen molar-refractivity contribution in [2.75, 3.05) is 0 Å². The molecule has 1 aromatic carbocycles. The molecule has 0 aliphatic carbocycles. The average Bonchev–Trinajstić information content (AvgIpc) is 2.54. The minimum Gasteiger partial charge on any atom is -0.439 e. The van der Waals surface area contributed by atoms with E-state index in [0.29, 0.717) is 11.1 Å². The molecule has 1 aromatic heterocycles. The molecule has 0 fully saturated rings. The third-order valence-corrected chi connectivity index (χ3v) is 3.89. The highest BCUT2D eigenvalue weighted by Crippen LogP contribution is 2.38. The minimum atomic E-state index is -4.56. The molecule has 1 aliphatic rings. The molecule has 2 aromatic rings. The molecule has 5 nitrogen and oxygen atoms in total. The van der Waals surface area contributed by atoms with E-state index in [-0.39, 0.29) is 16.8 Å². The first-order chi connectivity index (χ1) is 11.8. The number of nitrogens with one attached hydrogen (secondary N) is 1. The van der Waals surface area contributed by atoms with Gasteiger partial charge in [0.1, 0.15) is 11.8 Å². The number of alkyl halides is 3. The lowest BCUT2D eigenvalue weighted by Crippen LogP contribution is -2.37. The van der Waals surface area contributed by atoms with Gasteiger partial charge in [-0.25, -0.2) is 10.2 Å². The van der Waals surface area contributed by atoms with Crippen molar-refractivity contribution in [3.63, 3.8) is 0 Å². The number of carbonyl (C=O) groups is 1. The van der Waals surface area contributed by atoms with Crippen molar-refractivity contribution in [1.82, 2.24) is 10.4 Å². The normalized spacial score (nSPS) is 17.6. The predicted molar refractivity (Wildman–Crippen MR) is 85.0 cm³/mol. The Morgan fingerprint density at radius 3 is 2.60 bits per heavy atom. The number of amides is 1. The van der Waals surface area contributed by atoms with Crippen molar-refractivity contribution in [3.05, 3.63) is 53.3 Å². The molecule has 0 saturated carbocycles. The molecule has 0 spiro atoms. The van der Waals surface area contributed by atoms with Gasteiger partial charge in [0.2, 0.25) is 0 Å². The van der Waals surface area contributed by atoms with E-state index in [1.807, 2.05) is 0 Å². The Labute approximate surface area is 141 Å². The van der Waals surface area contributed by atoms with Crippen LogP contribution in [0.5, 0.6) is 0 Å². The van der Waals surface area contributed by atoms with Crippen molar-refractivity contribution in [3.8, 4) is 11.1 Å². The number of ether oxygens (including phenoxy) is 1. The third kappa shape index (κ3) is 3.33. The number of pyridine rings is 1. The second-order valence-corrected chi connectivity index (χ2v) is 5.61. The lowest BCUT2D eigenvalue weighted by Gasteiger charge is -2.22. The molecule has 0 bridgehead atoms. The van der Waals surface area contributed by atoms with E-state index >= 15 is 0 Å². The van der Waals surface area contributed by atoms with E-state index in [0.717, 1.165) is 6.07 Å². The smallest absolute Gasteiger partial charge is 0.428 e. The summed E-state index contributed by atoms with van der Waals surface area (Å²) in [7, 11) is 0. The molecular formula is C17H14F3N3O2. The SMILES string of the molecule is Cc1ccncc1-c1ccc(C2=NNC(=O)O[C@H]2C)cc1C(F)(F)F. The second kappa shape index (κ2) is 6.19. The highest BCUT2D eigenvalue weighted by Gasteiger charge is 2.35. The summed E-state index contributed by atoms with van der Waals surface area (Å²) in [5.74, 6) is 0. The Balaban J connectivity index is 2.14. The number of aryl methyl sites for hydroxylation is 1. The Kier molecular flexibility index (Phi) is 4.20. The molecule has 0 unspecified atom stereocenters. The highest BCUT2D eigenvalue weighted by molar-refractivity contribution is 6.06. The zero-order valence-corrected chi connectivity index (χ0v) is 13.4. The van der Waals surface area contributed by atoms with Gasteiger partial charge in [0.25, 0.3) is 0 Å². The summed E-state index contributed by atoms with van der Waals surface area (Å²) in [6.07, 6.45) is -3.12. The molecule has 1 N–H and O–H groups in total. The maximum absolute atomic E-state index is 13.6. The van der Waals surface area contributed by atoms with Crippen LogP contribution in [0.25, 0.3) is 11.1 Å². The number of hydrogen-bond donors (Lipinski definition) is 1. The monoisotopic (exact) mass is 349 g/mol. The van der Waals surface area contributed by atoms with E-state index in [1.165, 1.54) is 24.5 Å². The molecule has 8 heteroatoms. The van der Waals surface area contributed by atoms with Gasteiger partial charge in [0.15, 0.2) is 0 Å². The van der Waals surface area contributed by atoms with Gasteiger partial charge in [0, 0.05) is 23.5 Å². The standard InChI is InChI=1S/C17H14F3N3O2/c1-9-5-6-21-8-13(9)12-4-3-11(7-14(12)17(18,19)20)15-10(2)25-16(24)23-22-15/h3-8,10H,1-2H3,(H,23,24)/t10-/m0/s1. The summed E-state index contributed by atoms with van der Waals surface area (Å²) in [5, 5.41) is 3.82. The number of benzene rings is 1. The first-order valence-corrected chi connectivity index (χ1v) is 7.44. The fourth-order valence-electron chi connectivity index (χ4n) is 2.66. The summed E-state index contributed by atoms with van der Waals surface area (Å²) in [6.45, 7) is 3.27. The van der Waals surface area contributed by atoms with Crippen LogP contribution in [0.2, 0.25) is 0 Å². The number of aromatic nitrogens is 1. The molecule has 1 aliphatic heterocycles. The molecular weight excluding hydrogens is 335 g/mol. The minimum absolute atomic E-state index is 0.0378. The van der Waals surface area contributed by atoms with Crippen LogP contribution in [0.4, 0.5) is 18.0 Å². The van der Waals surface area contributed by atoms with Gasteiger partial charge in [-0.15, -0.1) is 0 Å². The van der Waals surface area contributed by atoms with Crippen molar-refractivity contribution < 1.29 is 22.7 Å². The Bertz CT molecular complexity index is 862. The number of carbonyl (C=O) groups excluding carboxylic acids is 1. The Hall–Kier alpha value is -2.90. The van der Waals surface area contributed by atoms with Crippen LogP contribution in [-0.2, 0) is 10.9 Å². The van der Waals surface area contributed by atoms with Gasteiger partial charge in [-0.1, -0.05) is 12.1 Å². The zero-order valence-electron chi connectivity index (χ0n) is 13.4. The van der Waals surface area contributed by atoms with Gasteiger partial charge in [-0.05, 0) is 37.1 Å². The lowest BCUT2D eigenvalue weighted by atomic mass is 9.93. The molecule has 0 radical (unpaired) electrons. The summed E-state index contributed by atoms with van der Waals surface area (Å²) in [6, 6.07) is 5.57. The number of hydrazone groups is 1. The molecule has 25 heavy (non-hydrogen) atoms. The predicted octanol–water partition coefficient (Wildman–Crippen LogP) is 3.91. The summed E-state index contributed by atoms with van der Waals surface area (Å²) in [5.41, 5.74) is 2.89. The number of nitrogens with zero attached hydrogens (tertiary/aromatic N) is 2. The molecule has 1 amide bonds. The molecule has 130 valence electrons. The zero-order chi connectivity index (χ0) is 18.2. The summed E-state index contributed by atoms with van der Waals surface area (Å²) >= 11 is 0. The maximum Gasteiger partial charge on any atom is 0.428 e. The van der Waals surface area contributed by atoms with Crippen molar-refractivity contribution >= 4 is 11.8 Å². The van der Waals surface area contributed by atoms with Crippen molar-refractivity contribution in [2.24, 2.45) is 5.10 Å². The fourth-order valence-corrected chi connectivity index (χ4v) is 2.66. The van der Waals surface area contributed by atoms with Crippen LogP contribution in [-0.4, -0.2) is 22.9 Å². The maximum atomic E-state index is 13.6. The van der Waals surface area contributed by atoms with E-state index in [2.05, 4.69) is 15.5 Å². The average molecular weight is 349 g/mol. The summed E-state index contributed by atoms with van der Waals surface area (Å²) in [4.78, 5) is 15.0. The van der Waals surface area contributed by atoms with Crippen molar-refractivity contribution in [2.45, 2.75) is 26.1 Å². The second-order valence-electron chi connectivity index (χ2n) is 5.61. The Morgan fingerprint density at radius 2 is 1.96 bits per heavy atom. The van der Waals surface area contributed by atoms with Crippen LogP contribution < -0.4 is 5.43 Å². The van der Waals surface area contributed by atoms with Gasteiger partial charge in [0.05, 0.1) is 5.56 Å². The van der Waals surface area contributed by atoms with E-state index in [4.69, 9.17) is 4.74 Å². The van der Waals surface area contributed by atoms with Gasteiger partial charge in [-0.2, -0.15) is 18.3 Å². The first-order valence-electron chi connectivity index (χ1n) is 7.44.